The average molecular weight is 300 g/mol. The normalized spacial score (nSPS) is 23.8. The summed E-state index contributed by atoms with van der Waals surface area (Å²) in [5, 5.41) is 0. The van der Waals surface area contributed by atoms with Gasteiger partial charge in [-0.3, -0.25) is 9.59 Å². The van der Waals surface area contributed by atoms with E-state index in [1.54, 1.807) is 0 Å². The summed E-state index contributed by atoms with van der Waals surface area (Å²) in [4.78, 5) is 27.8. The smallest absolute Gasteiger partial charge is 0.232 e. The van der Waals surface area contributed by atoms with Crippen LogP contribution in [0.5, 0.6) is 0 Å². The van der Waals surface area contributed by atoms with Gasteiger partial charge >= 0.3 is 0 Å². The first-order chi connectivity index (χ1) is 9.66. The van der Waals surface area contributed by atoms with Crippen molar-refractivity contribution in [3.05, 3.63) is 0 Å². The molecule has 2 heterocycles. The van der Waals surface area contributed by atoms with Crippen LogP contribution in [0.4, 0.5) is 0 Å². The highest BCUT2D eigenvalue weighted by Crippen LogP contribution is 2.16. The number of hydrogen-bond donors (Lipinski definition) is 0. The molecule has 0 radical (unpaired) electrons. The third kappa shape index (κ3) is 4.66. The van der Waals surface area contributed by atoms with Crippen LogP contribution in [0.25, 0.3) is 0 Å². The Bertz CT molecular complexity index is 345. The molecule has 2 fully saturated rings. The van der Waals surface area contributed by atoms with Crippen LogP contribution in [-0.4, -0.2) is 72.5 Å². The predicted octanol–water partition coefficient (Wildman–Crippen LogP) is 0.837. The van der Waals surface area contributed by atoms with Crippen molar-refractivity contribution >= 4 is 23.6 Å². The molecule has 0 aliphatic carbocycles. The molecule has 6 heteroatoms. The van der Waals surface area contributed by atoms with Crippen molar-refractivity contribution in [2.45, 2.75) is 19.8 Å². The van der Waals surface area contributed by atoms with E-state index in [0.717, 1.165) is 19.5 Å². The monoisotopic (exact) mass is 300 g/mol. The van der Waals surface area contributed by atoms with Crippen molar-refractivity contribution in [1.29, 1.82) is 0 Å². The molecule has 1 atom stereocenters. The molecular formula is C14H24N2O3S. The van der Waals surface area contributed by atoms with Gasteiger partial charge in [-0.15, -0.1) is 11.8 Å². The number of hydrogen-bond acceptors (Lipinski definition) is 4. The Morgan fingerprint density at radius 2 is 1.75 bits per heavy atom. The van der Waals surface area contributed by atoms with E-state index in [9.17, 15) is 9.59 Å². The van der Waals surface area contributed by atoms with Gasteiger partial charge in [-0.2, -0.15) is 0 Å². The van der Waals surface area contributed by atoms with Crippen LogP contribution in [0.15, 0.2) is 0 Å². The van der Waals surface area contributed by atoms with Crippen molar-refractivity contribution < 1.29 is 14.3 Å². The largest absolute Gasteiger partial charge is 0.378 e. The van der Waals surface area contributed by atoms with Gasteiger partial charge in [-0.05, 0) is 18.8 Å². The Morgan fingerprint density at radius 1 is 1.10 bits per heavy atom. The van der Waals surface area contributed by atoms with Crippen LogP contribution in [-0.2, 0) is 14.3 Å². The van der Waals surface area contributed by atoms with E-state index in [-0.39, 0.29) is 11.8 Å². The number of likely N-dealkylation sites (tertiary alicyclic amines) is 1. The summed E-state index contributed by atoms with van der Waals surface area (Å²) in [7, 11) is 0. The molecule has 2 rings (SSSR count). The molecule has 0 aromatic carbocycles. The van der Waals surface area contributed by atoms with E-state index < -0.39 is 0 Å². The molecule has 0 bridgehead atoms. The van der Waals surface area contributed by atoms with Gasteiger partial charge in [0.05, 0.1) is 24.7 Å². The maximum Gasteiger partial charge on any atom is 0.232 e. The second-order valence-corrected chi connectivity index (χ2v) is 6.56. The minimum absolute atomic E-state index is 0.123. The van der Waals surface area contributed by atoms with Crippen LogP contribution in [0.2, 0.25) is 0 Å². The number of carbonyl (C=O) groups excluding carboxylic acids is 2. The molecule has 20 heavy (non-hydrogen) atoms. The predicted molar refractivity (Wildman–Crippen MR) is 79.7 cm³/mol. The highest BCUT2D eigenvalue weighted by atomic mass is 32.2. The molecule has 0 saturated carbocycles. The Hall–Kier alpha value is -0.750. The van der Waals surface area contributed by atoms with Crippen LogP contribution in [0.1, 0.15) is 19.8 Å². The Labute approximate surface area is 125 Å². The molecule has 114 valence electrons. The molecule has 0 aromatic rings. The number of nitrogens with zero attached hydrogens (tertiary/aromatic N) is 2. The maximum absolute atomic E-state index is 12.1. The summed E-state index contributed by atoms with van der Waals surface area (Å²) in [6.07, 6.45) is 2.32. The van der Waals surface area contributed by atoms with Crippen LogP contribution in [0.3, 0.4) is 0 Å². The Morgan fingerprint density at radius 3 is 2.40 bits per heavy atom. The highest BCUT2D eigenvalue weighted by molar-refractivity contribution is 8.00. The highest BCUT2D eigenvalue weighted by Gasteiger charge is 2.22. The number of ether oxygens (including phenoxy) is 1. The van der Waals surface area contributed by atoms with Gasteiger partial charge in [0.1, 0.15) is 0 Å². The summed E-state index contributed by atoms with van der Waals surface area (Å²) < 4.78 is 5.22. The molecule has 0 aromatic heterocycles. The van der Waals surface area contributed by atoms with Crippen molar-refractivity contribution in [2.24, 2.45) is 5.92 Å². The van der Waals surface area contributed by atoms with Gasteiger partial charge in [0.2, 0.25) is 11.8 Å². The van der Waals surface area contributed by atoms with E-state index in [4.69, 9.17) is 4.74 Å². The van der Waals surface area contributed by atoms with Crippen molar-refractivity contribution in [2.75, 3.05) is 50.9 Å². The second-order valence-electron chi connectivity index (χ2n) is 5.57. The maximum atomic E-state index is 12.1. The fraction of sp³-hybridized carbons (Fsp3) is 0.857. The minimum Gasteiger partial charge on any atom is -0.378 e. The molecule has 2 amide bonds. The Balaban J connectivity index is 1.64. The van der Waals surface area contributed by atoms with Gasteiger partial charge in [0.15, 0.2) is 0 Å². The van der Waals surface area contributed by atoms with Crippen molar-refractivity contribution in [3.63, 3.8) is 0 Å². The van der Waals surface area contributed by atoms with Crippen LogP contribution < -0.4 is 0 Å². The zero-order valence-corrected chi connectivity index (χ0v) is 13.0. The summed E-state index contributed by atoms with van der Waals surface area (Å²) >= 11 is 1.43. The average Bonchev–Trinajstić information content (AvgIpc) is 2.48. The molecule has 0 spiro atoms. The zero-order chi connectivity index (χ0) is 14.4. The summed E-state index contributed by atoms with van der Waals surface area (Å²) in [6, 6.07) is 0. The lowest BCUT2D eigenvalue weighted by molar-refractivity contribution is -0.132. The van der Waals surface area contributed by atoms with E-state index in [2.05, 4.69) is 6.92 Å². The number of amides is 2. The van der Waals surface area contributed by atoms with E-state index in [1.165, 1.54) is 18.2 Å². The van der Waals surface area contributed by atoms with Gasteiger partial charge in [-0.25, -0.2) is 0 Å². The molecular weight excluding hydrogens is 276 g/mol. The summed E-state index contributed by atoms with van der Waals surface area (Å²) in [5.74, 6) is 1.72. The lowest BCUT2D eigenvalue weighted by Crippen LogP contribution is -2.42. The first kappa shape index (κ1) is 15.6. The lowest BCUT2D eigenvalue weighted by Gasteiger charge is -2.31. The number of thioether (sulfide) groups is 1. The lowest BCUT2D eigenvalue weighted by atomic mass is 10.0. The van der Waals surface area contributed by atoms with E-state index in [0.29, 0.717) is 43.7 Å². The molecule has 5 nitrogen and oxygen atoms in total. The first-order valence-corrected chi connectivity index (χ1v) is 8.53. The SMILES string of the molecule is CC1CCCN(C(=O)CSCC(=O)N2CCOCC2)C1. The zero-order valence-electron chi connectivity index (χ0n) is 12.2. The van der Waals surface area contributed by atoms with Crippen molar-refractivity contribution in [1.82, 2.24) is 9.80 Å². The third-order valence-electron chi connectivity index (χ3n) is 3.82. The first-order valence-electron chi connectivity index (χ1n) is 7.38. The minimum atomic E-state index is 0.123. The molecule has 2 aliphatic heterocycles. The summed E-state index contributed by atoms with van der Waals surface area (Å²) in [5.41, 5.74) is 0. The van der Waals surface area contributed by atoms with Crippen molar-refractivity contribution in [3.8, 4) is 0 Å². The van der Waals surface area contributed by atoms with E-state index >= 15 is 0 Å². The second kappa shape index (κ2) is 7.88. The third-order valence-corrected chi connectivity index (χ3v) is 4.73. The Kier molecular flexibility index (Phi) is 6.16. The quantitative estimate of drug-likeness (QED) is 0.772. The fourth-order valence-electron chi connectivity index (χ4n) is 2.64. The van der Waals surface area contributed by atoms with Gasteiger partial charge in [0, 0.05) is 26.2 Å². The van der Waals surface area contributed by atoms with Gasteiger partial charge in [0.25, 0.3) is 0 Å². The topological polar surface area (TPSA) is 49.9 Å². The molecule has 2 saturated heterocycles. The number of piperidine rings is 1. The number of carbonyl (C=O) groups is 2. The molecule has 1 unspecified atom stereocenters. The van der Waals surface area contributed by atoms with Crippen LogP contribution >= 0.6 is 11.8 Å². The molecule has 2 aliphatic rings. The summed E-state index contributed by atoms with van der Waals surface area (Å²) in [6.45, 7) is 6.54. The van der Waals surface area contributed by atoms with Gasteiger partial charge < -0.3 is 14.5 Å². The van der Waals surface area contributed by atoms with Crippen LogP contribution in [0, 0.1) is 5.92 Å². The van der Waals surface area contributed by atoms with E-state index in [1.807, 2.05) is 9.80 Å². The van der Waals surface area contributed by atoms with Gasteiger partial charge in [-0.1, -0.05) is 6.92 Å². The molecule has 0 N–H and O–H groups in total. The standard InChI is InChI=1S/C14H24N2O3S/c1-12-3-2-4-16(9-12)14(18)11-20-10-13(17)15-5-7-19-8-6-15/h12H,2-11H2,1H3. The number of rotatable bonds is 4. The fourth-order valence-corrected chi connectivity index (χ4v) is 3.45. The number of morpholine rings is 1.